The smallest absolute Gasteiger partial charge is 0.293 e. The molecule has 1 N–H and O–H groups in total. The molecule has 7 heteroatoms. The van der Waals surface area contributed by atoms with Crippen LogP contribution in [0.5, 0.6) is 0 Å². The van der Waals surface area contributed by atoms with Crippen LogP contribution in [0.1, 0.15) is 22.0 Å². The van der Waals surface area contributed by atoms with Gasteiger partial charge in [0.05, 0.1) is 0 Å². The Morgan fingerprint density at radius 1 is 1.03 bits per heavy atom. The minimum Gasteiger partial charge on any atom is -0.319 e. The molecule has 3 heterocycles. The van der Waals surface area contributed by atoms with Gasteiger partial charge >= 0.3 is 0 Å². The maximum Gasteiger partial charge on any atom is 0.293 e. The summed E-state index contributed by atoms with van der Waals surface area (Å²) in [4.78, 5) is 15.1. The zero-order valence-corrected chi connectivity index (χ0v) is 16.0. The van der Waals surface area contributed by atoms with Gasteiger partial charge in [-0.2, -0.15) is 0 Å². The number of hydrogen-bond donors (Lipinski definition) is 1. The van der Waals surface area contributed by atoms with Crippen LogP contribution in [-0.2, 0) is 19.5 Å². The number of anilines is 1. The summed E-state index contributed by atoms with van der Waals surface area (Å²) >= 11 is 0. The predicted molar refractivity (Wildman–Crippen MR) is 107 cm³/mol. The number of rotatable bonds is 4. The number of carbonyl (C=O) groups is 1. The molecule has 2 aromatic carbocycles. The van der Waals surface area contributed by atoms with Gasteiger partial charge < -0.3 is 9.88 Å². The molecule has 29 heavy (non-hydrogen) atoms. The predicted octanol–water partition coefficient (Wildman–Crippen LogP) is 2.97. The standard InChI is InChI=1S/C22H22FN5O/c23-18-6-4-5-15(9-18)11-27-12-16-10-20-25-26-21(28(20)14-17(16)13-27)22(29)24-19-7-2-1-3-8-19/h1-9,16-17H,10-14H2,(H,24,29)/t16-,17+/m0/s1. The molecule has 0 saturated carbocycles. The van der Waals surface area contributed by atoms with Gasteiger partial charge in [-0.05, 0) is 41.7 Å². The van der Waals surface area contributed by atoms with Gasteiger partial charge in [-0.3, -0.25) is 9.69 Å². The minimum atomic E-state index is -0.233. The Kier molecular flexibility index (Phi) is 4.60. The first kappa shape index (κ1) is 18.0. The van der Waals surface area contributed by atoms with E-state index < -0.39 is 0 Å². The highest BCUT2D eigenvalue weighted by Crippen LogP contribution is 2.33. The molecule has 0 unspecified atom stereocenters. The molecular formula is C22H22FN5O. The Balaban J connectivity index is 1.28. The molecule has 5 rings (SSSR count). The third-order valence-corrected chi connectivity index (χ3v) is 5.87. The van der Waals surface area contributed by atoms with Gasteiger partial charge in [-0.25, -0.2) is 4.39 Å². The van der Waals surface area contributed by atoms with E-state index in [4.69, 9.17) is 0 Å². The number of likely N-dealkylation sites (tertiary alicyclic amines) is 1. The molecule has 1 aromatic heterocycles. The first-order valence-corrected chi connectivity index (χ1v) is 9.91. The Bertz CT molecular complexity index is 1030. The maximum atomic E-state index is 13.5. The first-order chi connectivity index (χ1) is 14.2. The van der Waals surface area contributed by atoms with Crippen molar-refractivity contribution in [3.63, 3.8) is 0 Å². The SMILES string of the molecule is O=C(Nc1ccccc1)c1nnc2n1C[C@H]1CN(Cc3cccc(F)c3)C[C@@H]1C2. The molecular weight excluding hydrogens is 369 g/mol. The number of carbonyl (C=O) groups excluding carboxylic acids is 1. The lowest BCUT2D eigenvalue weighted by atomic mass is 9.89. The Morgan fingerprint density at radius 2 is 1.86 bits per heavy atom. The molecule has 1 saturated heterocycles. The molecule has 3 aromatic rings. The van der Waals surface area contributed by atoms with E-state index in [1.54, 1.807) is 12.1 Å². The molecule has 148 valence electrons. The lowest BCUT2D eigenvalue weighted by Crippen LogP contribution is -2.31. The van der Waals surface area contributed by atoms with Crippen LogP contribution in [0.3, 0.4) is 0 Å². The van der Waals surface area contributed by atoms with E-state index in [1.807, 2.05) is 41.0 Å². The molecule has 2 aliphatic rings. The second-order valence-corrected chi connectivity index (χ2v) is 7.92. The number of amides is 1. The van der Waals surface area contributed by atoms with E-state index in [0.29, 0.717) is 17.7 Å². The van der Waals surface area contributed by atoms with Crippen LogP contribution in [0.4, 0.5) is 10.1 Å². The van der Waals surface area contributed by atoms with Crippen LogP contribution in [-0.4, -0.2) is 38.7 Å². The van der Waals surface area contributed by atoms with Crippen molar-refractivity contribution in [3.05, 3.63) is 77.6 Å². The number of hydrogen-bond acceptors (Lipinski definition) is 4. The number of nitrogens with one attached hydrogen (secondary N) is 1. The average molecular weight is 391 g/mol. The summed E-state index contributed by atoms with van der Waals surface area (Å²) in [5, 5.41) is 11.3. The molecule has 2 atom stereocenters. The van der Waals surface area contributed by atoms with E-state index in [0.717, 1.165) is 49.7 Å². The van der Waals surface area contributed by atoms with Gasteiger partial charge in [0.1, 0.15) is 11.6 Å². The fraction of sp³-hybridized carbons (Fsp3) is 0.318. The highest BCUT2D eigenvalue weighted by Gasteiger charge is 2.39. The largest absolute Gasteiger partial charge is 0.319 e. The van der Waals surface area contributed by atoms with Crippen LogP contribution < -0.4 is 5.32 Å². The summed E-state index contributed by atoms with van der Waals surface area (Å²) in [5.41, 5.74) is 1.73. The van der Waals surface area contributed by atoms with Crippen molar-refractivity contribution in [2.45, 2.75) is 19.5 Å². The molecule has 1 amide bonds. The van der Waals surface area contributed by atoms with E-state index >= 15 is 0 Å². The highest BCUT2D eigenvalue weighted by atomic mass is 19.1. The van der Waals surface area contributed by atoms with Crippen LogP contribution in [0.15, 0.2) is 54.6 Å². The second kappa shape index (κ2) is 7.40. The summed E-state index contributed by atoms with van der Waals surface area (Å²) in [6.07, 6.45) is 0.815. The second-order valence-electron chi connectivity index (χ2n) is 7.92. The summed E-state index contributed by atoms with van der Waals surface area (Å²) in [6, 6.07) is 16.2. The minimum absolute atomic E-state index is 0.195. The van der Waals surface area contributed by atoms with Crippen molar-refractivity contribution in [2.75, 3.05) is 18.4 Å². The lowest BCUT2D eigenvalue weighted by molar-refractivity contribution is 0.100. The monoisotopic (exact) mass is 391 g/mol. The zero-order valence-electron chi connectivity index (χ0n) is 16.0. The third-order valence-electron chi connectivity index (χ3n) is 5.87. The number of halogens is 1. The van der Waals surface area contributed by atoms with Gasteiger partial charge in [0.25, 0.3) is 5.91 Å². The summed E-state index contributed by atoms with van der Waals surface area (Å²) in [5.74, 6) is 1.74. The van der Waals surface area contributed by atoms with E-state index in [1.165, 1.54) is 6.07 Å². The fourth-order valence-corrected chi connectivity index (χ4v) is 4.52. The van der Waals surface area contributed by atoms with Crippen molar-refractivity contribution in [1.29, 1.82) is 0 Å². The lowest BCUT2D eigenvalue weighted by Gasteiger charge is -2.25. The van der Waals surface area contributed by atoms with Gasteiger partial charge in [-0.15, -0.1) is 10.2 Å². The van der Waals surface area contributed by atoms with E-state index in [9.17, 15) is 9.18 Å². The van der Waals surface area contributed by atoms with Crippen molar-refractivity contribution in [3.8, 4) is 0 Å². The van der Waals surface area contributed by atoms with Gasteiger partial charge in [-0.1, -0.05) is 30.3 Å². The third kappa shape index (κ3) is 3.65. The number of benzene rings is 2. The van der Waals surface area contributed by atoms with Crippen LogP contribution in [0.25, 0.3) is 0 Å². The number of fused-ring (bicyclic) bond motifs is 2. The maximum absolute atomic E-state index is 13.5. The molecule has 1 fully saturated rings. The average Bonchev–Trinajstić information content (AvgIpc) is 3.29. The molecule has 0 bridgehead atoms. The Labute approximate surface area is 168 Å². The Hall–Kier alpha value is -3.06. The topological polar surface area (TPSA) is 63.1 Å². The summed E-state index contributed by atoms with van der Waals surface area (Å²) < 4.78 is 15.4. The van der Waals surface area contributed by atoms with Crippen molar-refractivity contribution >= 4 is 11.6 Å². The van der Waals surface area contributed by atoms with Crippen molar-refractivity contribution in [2.24, 2.45) is 11.8 Å². The van der Waals surface area contributed by atoms with Crippen LogP contribution >= 0.6 is 0 Å². The normalized spacial score (nSPS) is 20.9. The molecule has 2 aliphatic heterocycles. The van der Waals surface area contributed by atoms with Gasteiger partial charge in [0, 0.05) is 38.3 Å². The van der Waals surface area contributed by atoms with Crippen LogP contribution in [0.2, 0.25) is 0 Å². The van der Waals surface area contributed by atoms with Gasteiger partial charge in [0.15, 0.2) is 0 Å². The van der Waals surface area contributed by atoms with Crippen molar-refractivity contribution < 1.29 is 9.18 Å². The van der Waals surface area contributed by atoms with Gasteiger partial charge in [0.2, 0.25) is 5.82 Å². The van der Waals surface area contributed by atoms with E-state index in [-0.39, 0.29) is 11.7 Å². The summed E-state index contributed by atoms with van der Waals surface area (Å²) in [6.45, 7) is 3.37. The quantitative estimate of drug-likeness (QED) is 0.743. The highest BCUT2D eigenvalue weighted by molar-refractivity contribution is 6.01. The molecule has 6 nitrogen and oxygen atoms in total. The first-order valence-electron chi connectivity index (χ1n) is 9.91. The number of para-hydroxylation sites is 1. The molecule has 0 radical (unpaired) electrons. The molecule has 0 spiro atoms. The number of aromatic nitrogens is 3. The van der Waals surface area contributed by atoms with Crippen LogP contribution in [0, 0.1) is 17.7 Å². The fourth-order valence-electron chi connectivity index (χ4n) is 4.52. The van der Waals surface area contributed by atoms with E-state index in [2.05, 4.69) is 20.4 Å². The summed E-state index contributed by atoms with van der Waals surface area (Å²) in [7, 11) is 0. The zero-order chi connectivity index (χ0) is 19.8. The Morgan fingerprint density at radius 3 is 2.69 bits per heavy atom. The number of nitrogens with zero attached hydrogens (tertiary/aromatic N) is 4. The van der Waals surface area contributed by atoms with Crippen molar-refractivity contribution in [1.82, 2.24) is 19.7 Å². The molecule has 0 aliphatic carbocycles.